The highest BCUT2D eigenvalue weighted by atomic mass is 32.2. The lowest BCUT2D eigenvalue weighted by Crippen LogP contribution is -2.33. The van der Waals surface area contributed by atoms with E-state index in [2.05, 4.69) is 20.3 Å². The summed E-state index contributed by atoms with van der Waals surface area (Å²) in [5, 5.41) is 23.1. The van der Waals surface area contributed by atoms with Gasteiger partial charge >= 0.3 is 0 Å². The van der Waals surface area contributed by atoms with Gasteiger partial charge in [-0.25, -0.2) is 0 Å². The minimum atomic E-state index is -0.665. The van der Waals surface area contributed by atoms with Crippen LogP contribution in [0.3, 0.4) is 0 Å². The summed E-state index contributed by atoms with van der Waals surface area (Å²) in [6.45, 7) is 0.0352. The van der Waals surface area contributed by atoms with E-state index in [0.29, 0.717) is 22.3 Å². The van der Waals surface area contributed by atoms with Crippen LogP contribution in [-0.4, -0.2) is 61.4 Å². The summed E-state index contributed by atoms with van der Waals surface area (Å²) in [5.41, 5.74) is 6.24. The number of hydrogen-bond acceptors (Lipinski definition) is 14. The molecule has 6 rings (SSSR count). The first-order valence-electron chi connectivity index (χ1n) is 11.4. The van der Waals surface area contributed by atoms with Crippen molar-refractivity contribution < 1.29 is 28.4 Å². The maximum absolute atomic E-state index is 10.9. The van der Waals surface area contributed by atoms with E-state index in [1.54, 1.807) is 12.1 Å². The summed E-state index contributed by atoms with van der Waals surface area (Å²) >= 11 is 2.83. The minimum absolute atomic E-state index is 0.0177. The number of aromatic nitrogens is 4. The number of benzene rings is 1. The third-order valence-corrected chi connectivity index (χ3v) is 8.27. The lowest BCUT2D eigenvalue weighted by atomic mass is 10.1. The molecule has 2 saturated heterocycles. The highest BCUT2D eigenvalue weighted by Crippen LogP contribution is 2.47. The van der Waals surface area contributed by atoms with Crippen molar-refractivity contribution in [2.75, 3.05) is 11.5 Å². The molecule has 1 aromatic carbocycles. The number of rotatable bonds is 8. The lowest BCUT2D eigenvalue weighted by molar-refractivity contribution is -0.384. The Morgan fingerprint density at radius 3 is 2.69 bits per heavy atom. The van der Waals surface area contributed by atoms with Gasteiger partial charge in [-0.05, 0) is 25.0 Å². The molecule has 15 heteroatoms. The standard InChI is InChI=1S/C21H22N6O7S2/c22-19-24-25-20(36-19)35-10-13-15-16(33-21(32-15)7-1-2-8-21)18(31-13)30-9-14-23-17(34-26-14)11-3-5-12(6-4-11)27(28)29/h3-6,13,15-16,18H,1-2,7-10H2,(H2,22,24)/t13-,15-,16-,18-/m1/s1. The van der Waals surface area contributed by atoms with E-state index in [0.717, 1.165) is 30.0 Å². The zero-order valence-corrected chi connectivity index (χ0v) is 20.5. The van der Waals surface area contributed by atoms with Crippen molar-refractivity contribution in [3.63, 3.8) is 0 Å². The number of hydrogen-bond donors (Lipinski definition) is 1. The van der Waals surface area contributed by atoms with E-state index in [9.17, 15) is 10.1 Å². The highest BCUT2D eigenvalue weighted by Gasteiger charge is 2.59. The third-order valence-electron chi connectivity index (χ3n) is 6.30. The Balaban J connectivity index is 1.12. The molecule has 4 heterocycles. The number of ether oxygens (including phenoxy) is 4. The summed E-state index contributed by atoms with van der Waals surface area (Å²) < 4.78 is 31.1. The first-order chi connectivity index (χ1) is 17.5. The lowest BCUT2D eigenvalue weighted by Gasteiger charge is -2.26. The molecule has 4 atom stereocenters. The normalized spacial score (nSPS) is 26.6. The Morgan fingerprint density at radius 1 is 1.19 bits per heavy atom. The SMILES string of the molecule is Nc1nnc(SC[C@H]2O[C@@H](OCc3noc(-c4ccc([N+](=O)[O-])cc4)n3)[C@@H]3OC4(CCCC4)O[C@@H]32)s1. The van der Waals surface area contributed by atoms with E-state index >= 15 is 0 Å². The smallest absolute Gasteiger partial charge is 0.269 e. The topological polar surface area (TPSA) is 171 Å². The van der Waals surface area contributed by atoms with Gasteiger partial charge in [0.2, 0.25) is 5.13 Å². The van der Waals surface area contributed by atoms with Crippen molar-refractivity contribution in [2.45, 2.75) is 67.0 Å². The summed E-state index contributed by atoms with van der Waals surface area (Å²) in [6, 6.07) is 5.87. The molecule has 2 aliphatic heterocycles. The quantitative estimate of drug-likeness (QED) is 0.254. The van der Waals surface area contributed by atoms with Crippen molar-refractivity contribution in [1.82, 2.24) is 20.3 Å². The molecule has 3 fully saturated rings. The van der Waals surface area contributed by atoms with Crippen LogP contribution < -0.4 is 5.73 Å². The molecule has 190 valence electrons. The molecule has 1 aliphatic carbocycles. The second kappa shape index (κ2) is 9.64. The number of nitrogen functional groups attached to an aromatic ring is 1. The third kappa shape index (κ3) is 4.69. The number of thioether (sulfide) groups is 1. The molecule has 3 aliphatic rings. The Hall–Kier alpha value is -2.69. The largest absolute Gasteiger partial charge is 0.374 e. The first kappa shape index (κ1) is 23.7. The summed E-state index contributed by atoms with van der Waals surface area (Å²) in [7, 11) is 0. The minimum Gasteiger partial charge on any atom is -0.374 e. The van der Waals surface area contributed by atoms with Gasteiger partial charge in [0.1, 0.15) is 18.8 Å². The van der Waals surface area contributed by atoms with Gasteiger partial charge in [0.05, 0.1) is 11.0 Å². The Morgan fingerprint density at radius 2 is 1.97 bits per heavy atom. The molecule has 1 spiro atoms. The predicted octanol–water partition coefficient (Wildman–Crippen LogP) is 3.17. The molecule has 0 amide bonds. The average molecular weight is 535 g/mol. The molecule has 2 N–H and O–H groups in total. The monoisotopic (exact) mass is 534 g/mol. The summed E-state index contributed by atoms with van der Waals surface area (Å²) in [6.07, 6.45) is 2.23. The number of nitrogens with two attached hydrogens (primary N) is 1. The molecular weight excluding hydrogens is 512 g/mol. The number of anilines is 1. The Bertz CT molecular complexity index is 1230. The second-order valence-corrected chi connectivity index (χ2v) is 10.9. The van der Waals surface area contributed by atoms with Crippen molar-refractivity contribution >= 4 is 33.9 Å². The van der Waals surface area contributed by atoms with Crippen LogP contribution in [0.15, 0.2) is 33.1 Å². The maximum atomic E-state index is 10.9. The maximum Gasteiger partial charge on any atom is 0.269 e. The van der Waals surface area contributed by atoms with Crippen molar-refractivity contribution in [2.24, 2.45) is 0 Å². The van der Waals surface area contributed by atoms with Crippen LogP contribution in [-0.2, 0) is 25.6 Å². The number of non-ortho nitro benzene ring substituents is 1. The summed E-state index contributed by atoms with van der Waals surface area (Å²) in [4.78, 5) is 14.7. The van der Waals surface area contributed by atoms with Gasteiger partial charge in [0.25, 0.3) is 11.6 Å². The fourth-order valence-corrected chi connectivity index (χ4v) is 6.36. The zero-order chi connectivity index (χ0) is 24.7. The molecule has 1 saturated carbocycles. The van der Waals surface area contributed by atoms with E-state index in [-0.39, 0.29) is 36.5 Å². The number of nitro groups is 1. The Labute approximate surface area is 212 Å². The molecule has 0 unspecified atom stereocenters. The number of nitro benzene ring substituents is 1. The number of fused-ring (bicyclic) bond motifs is 1. The number of nitrogens with zero attached hydrogens (tertiary/aromatic N) is 5. The molecule has 0 bridgehead atoms. The van der Waals surface area contributed by atoms with Crippen LogP contribution >= 0.6 is 23.1 Å². The van der Waals surface area contributed by atoms with E-state index in [4.69, 9.17) is 29.2 Å². The first-order valence-corrected chi connectivity index (χ1v) is 13.2. The average Bonchev–Trinajstić information content (AvgIpc) is 3.69. The molecule has 0 radical (unpaired) electrons. The summed E-state index contributed by atoms with van der Waals surface area (Å²) in [5.74, 6) is 0.568. The van der Waals surface area contributed by atoms with Gasteiger partial charge < -0.3 is 29.2 Å². The fourth-order valence-electron chi connectivity index (χ4n) is 4.64. The predicted molar refractivity (Wildman–Crippen MR) is 126 cm³/mol. The van der Waals surface area contributed by atoms with Gasteiger partial charge in [-0.3, -0.25) is 10.1 Å². The van der Waals surface area contributed by atoms with Crippen LogP contribution in [0.4, 0.5) is 10.8 Å². The van der Waals surface area contributed by atoms with Crippen molar-refractivity contribution in [3.8, 4) is 11.5 Å². The van der Waals surface area contributed by atoms with E-state index in [1.165, 1.54) is 35.2 Å². The van der Waals surface area contributed by atoms with Crippen molar-refractivity contribution in [1.29, 1.82) is 0 Å². The highest BCUT2D eigenvalue weighted by molar-refractivity contribution is 8.01. The van der Waals surface area contributed by atoms with Gasteiger partial charge in [-0.2, -0.15) is 4.98 Å². The van der Waals surface area contributed by atoms with Crippen LogP contribution in [0.25, 0.3) is 11.5 Å². The van der Waals surface area contributed by atoms with Crippen LogP contribution in [0, 0.1) is 10.1 Å². The van der Waals surface area contributed by atoms with Gasteiger partial charge in [0, 0.05) is 36.3 Å². The van der Waals surface area contributed by atoms with Crippen LogP contribution in [0.2, 0.25) is 0 Å². The van der Waals surface area contributed by atoms with E-state index < -0.39 is 17.0 Å². The molecule has 2 aromatic heterocycles. The zero-order valence-electron chi connectivity index (χ0n) is 18.8. The Kier molecular flexibility index (Phi) is 6.35. The molecular formula is C21H22N6O7S2. The molecule has 3 aromatic rings. The van der Waals surface area contributed by atoms with E-state index in [1.807, 2.05) is 0 Å². The van der Waals surface area contributed by atoms with Gasteiger partial charge in [-0.1, -0.05) is 28.3 Å². The van der Waals surface area contributed by atoms with Gasteiger partial charge in [0.15, 0.2) is 22.2 Å². The molecule has 36 heavy (non-hydrogen) atoms. The van der Waals surface area contributed by atoms with Gasteiger partial charge in [-0.15, -0.1) is 10.2 Å². The van der Waals surface area contributed by atoms with Crippen LogP contribution in [0.1, 0.15) is 31.5 Å². The molecule has 13 nitrogen and oxygen atoms in total. The second-order valence-electron chi connectivity index (χ2n) is 8.67. The fraction of sp³-hybridized carbons (Fsp3) is 0.524. The van der Waals surface area contributed by atoms with Crippen LogP contribution in [0.5, 0.6) is 0 Å². The van der Waals surface area contributed by atoms with Crippen molar-refractivity contribution in [3.05, 3.63) is 40.2 Å².